The van der Waals surface area contributed by atoms with Gasteiger partial charge < -0.3 is 19.5 Å². The Morgan fingerprint density at radius 1 is 1.13 bits per heavy atom. The normalized spacial score (nSPS) is 18.1. The lowest BCUT2D eigenvalue weighted by Crippen LogP contribution is -2.31. The summed E-state index contributed by atoms with van der Waals surface area (Å²) in [6, 6.07) is 9.80. The number of nitrogens with zero attached hydrogens (tertiary/aromatic N) is 1. The lowest BCUT2D eigenvalue weighted by molar-refractivity contribution is -0.140. The monoisotopic (exact) mass is 413 g/mol. The van der Waals surface area contributed by atoms with Gasteiger partial charge in [-0.3, -0.25) is 9.59 Å². The van der Waals surface area contributed by atoms with Gasteiger partial charge in [-0.15, -0.1) is 0 Å². The van der Waals surface area contributed by atoms with Crippen molar-refractivity contribution in [1.82, 2.24) is 4.90 Å². The molecule has 1 atom stereocenters. The fraction of sp³-hybridized carbons (Fsp3) is 0.304. The van der Waals surface area contributed by atoms with E-state index in [9.17, 15) is 19.1 Å². The van der Waals surface area contributed by atoms with Crippen LogP contribution in [0.15, 0.2) is 48.0 Å². The Kier molecular flexibility index (Phi) is 6.52. The molecule has 0 aliphatic carbocycles. The number of aliphatic hydroxyl groups excluding tert-OH is 1. The Morgan fingerprint density at radius 2 is 1.83 bits per heavy atom. The molecule has 0 unspecified atom stereocenters. The highest BCUT2D eigenvalue weighted by Gasteiger charge is 2.45. The summed E-state index contributed by atoms with van der Waals surface area (Å²) in [5.41, 5.74) is 1.64. The number of methoxy groups -OCH3 is 2. The molecule has 1 heterocycles. The molecule has 1 fully saturated rings. The van der Waals surface area contributed by atoms with Gasteiger partial charge in [-0.25, -0.2) is 4.39 Å². The minimum atomic E-state index is -0.816. The second-order valence-corrected chi connectivity index (χ2v) is 7.07. The number of aliphatic hydroxyl groups is 1. The van der Waals surface area contributed by atoms with E-state index in [1.54, 1.807) is 32.2 Å². The zero-order chi connectivity index (χ0) is 21.8. The van der Waals surface area contributed by atoms with Gasteiger partial charge in [0.05, 0.1) is 18.7 Å². The lowest BCUT2D eigenvalue weighted by Gasteiger charge is -2.25. The number of carbonyl (C=O) groups is 2. The van der Waals surface area contributed by atoms with Gasteiger partial charge in [0, 0.05) is 25.8 Å². The molecule has 1 N–H and O–H groups in total. The van der Waals surface area contributed by atoms with Crippen LogP contribution in [0.5, 0.6) is 5.75 Å². The van der Waals surface area contributed by atoms with Crippen LogP contribution in [0.4, 0.5) is 4.39 Å². The summed E-state index contributed by atoms with van der Waals surface area (Å²) < 4.78 is 23.7. The Hall–Kier alpha value is -3.19. The van der Waals surface area contributed by atoms with Crippen molar-refractivity contribution in [2.45, 2.75) is 19.4 Å². The van der Waals surface area contributed by atoms with Crippen LogP contribution in [0.25, 0.3) is 5.76 Å². The van der Waals surface area contributed by atoms with Crippen LogP contribution in [0.2, 0.25) is 0 Å². The number of ketones is 1. The third-order valence-electron chi connectivity index (χ3n) is 5.16. The van der Waals surface area contributed by atoms with E-state index < -0.39 is 23.5 Å². The molecule has 2 aromatic rings. The van der Waals surface area contributed by atoms with E-state index in [1.807, 2.05) is 0 Å². The van der Waals surface area contributed by atoms with Crippen LogP contribution in [0.3, 0.4) is 0 Å². The van der Waals surface area contributed by atoms with Crippen molar-refractivity contribution >= 4 is 17.4 Å². The average molecular weight is 413 g/mol. The molecule has 2 aromatic carbocycles. The van der Waals surface area contributed by atoms with Crippen molar-refractivity contribution in [3.8, 4) is 5.75 Å². The number of Topliss-reactive ketones (excluding diaryl/α,β-unsaturated/α-hetero) is 1. The number of halogens is 1. The first-order valence-corrected chi connectivity index (χ1v) is 9.56. The molecule has 1 aliphatic heterocycles. The molecule has 0 spiro atoms. The summed E-state index contributed by atoms with van der Waals surface area (Å²) in [7, 11) is 3.09. The summed E-state index contributed by atoms with van der Waals surface area (Å²) in [5.74, 6) is -1.56. The maximum atomic E-state index is 13.5. The second kappa shape index (κ2) is 9.09. The fourth-order valence-corrected chi connectivity index (χ4v) is 3.66. The predicted molar refractivity (Wildman–Crippen MR) is 110 cm³/mol. The summed E-state index contributed by atoms with van der Waals surface area (Å²) >= 11 is 0. The molecule has 1 aliphatic rings. The Morgan fingerprint density at radius 3 is 2.43 bits per heavy atom. The Bertz CT molecular complexity index is 984. The van der Waals surface area contributed by atoms with Crippen LogP contribution < -0.4 is 4.74 Å². The topological polar surface area (TPSA) is 76.1 Å². The third kappa shape index (κ3) is 4.07. The number of hydrogen-bond acceptors (Lipinski definition) is 5. The molecule has 0 bridgehead atoms. The molecule has 0 saturated carbocycles. The van der Waals surface area contributed by atoms with Crippen LogP contribution in [-0.2, 0) is 14.3 Å². The molecular formula is C23H24FNO5. The maximum absolute atomic E-state index is 13.5. The van der Waals surface area contributed by atoms with Gasteiger partial charge >= 0.3 is 0 Å². The third-order valence-corrected chi connectivity index (χ3v) is 5.16. The minimum Gasteiger partial charge on any atom is -0.507 e. The van der Waals surface area contributed by atoms with Crippen molar-refractivity contribution in [2.24, 2.45) is 0 Å². The highest BCUT2D eigenvalue weighted by molar-refractivity contribution is 6.46. The van der Waals surface area contributed by atoms with Crippen LogP contribution in [0.1, 0.15) is 29.2 Å². The number of likely N-dealkylation sites (tertiary alicyclic amines) is 1. The first-order chi connectivity index (χ1) is 14.4. The van der Waals surface area contributed by atoms with Gasteiger partial charge in [-0.1, -0.05) is 12.1 Å². The second-order valence-electron chi connectivity index (χ2n) is 7.07. The van der Waals surface area contributed by atoms with E-state index in [-0.39, 0.29) is 17.9 Å². The van der Waals surface area contributed by atoms with Gasteiger partial charge in [-0.05, 0) is 54.8 Å². The largest absolute Gasteiger partial charge is 0.507 e. The molecule has 1 amide bonds. The zero-order valence-corrected chi connectivity index (χ0v) is 17.1. The standard InChI is InChI=1S/C23H24FNO5/c1-14-13-17(30-3)9-10-18(14)21(26)19-20(15-5-7-16(24)8-6-15)25(11-4-12-29-2)23(28)22(19)27/h5-10,13,20,26H,4,11-12H2,1-3H3/b21-19+/t20-/m1/s1. The number of benzene rings is 2. The van der Waals surface area contributed by atoms with E-state index in [0.717, 1.165) is 0 Å². The van der Waals surface area contributed by atoms with Crippen molar-refractivity contribution in [1.29, 1.82) is 0 Å². The molecule has 0 radical (unpaired) electrons. The van der Waals surface area contributed by atoms with E-state index in [4.69, 9.17) is 9.47 Å². The SMILES string of the molecule is COCCCN1C(=O)C(=O)/C(=C(/O)c2ccc(OC)cc2C)[C@H]1c1ccc(F)cc1. The molecule has 6 nitrogen and oxygen atoms in total. The molecule has 30 heavy (non-hydrogen) atoms. The van der Waals surface area contributed by atoms with E-state index >= 15 is 0 Å². The van der Waals surface area contributed by atoms with Gasteiger partial charge in [0.25, 0.3) is 11.7 Å². The molecule has 3 rings (SSSR count). The van der Waals surface area contributed by atoms with Crippen molar-refractivity contribution < 1.29 is 28.6 Å². The number of amides is 1. The van der Waals surface area contributed by atoms with Crippen molar-refractivity contribution in [3.63, 3.8) is 0 Å². The highest BCUT2D eigenvalue weighted by Crippen LogP contribution is 2.40. The lowest BCUT2D eigenvalue weighted by atomic mass is 9.94. The number of aryl methyl sites for hydroxylation is 1. The average Bonchev–Trinajstić information content (AvgIpc) is 2.99. The number of carbonyl (C=O) groups excluding carboxylic acids is 2. The molecule has 158 valence electrons. The minimum absolute atomic E-state index is 0.0164. The molecule has 7 heteroatoms. The first kappa shape index (κ1) is 21.5. The molecular weight excluding hydrogens is 389 g/mol. The van der Waals surface area contributed by atoms with Crippen LogP contribution >= 0.6 is 0 Å². The van der Waals surface area contributed by atoms with Crippen LogP contribution in [-0.4, -0.2) is 49.1 Å². The summed E-state index contributed by atoms with van der Waals surface area (Å²) in [6.07, 6.45) is 0.517. The van der Waals surface area contributed by atoms with Crippen molar-refractivity contribution in [3.05, 3.63) is 70.5 Å². The van der Waals surface area contributed by atoms with Crippen LogP contribution in [0, 0.1) is 12.7 Å². The van der Waals surface area contributed by atoms with Gasteiger partial charge in [0.15, 0.2) is 0 Å². The first-order valence-electron chi connectivity index (χ1n) is 9.56. The van der Waals surface area contributed by atoms with E-state index in [2.05, 4.69) is 0 Å². The Labute approximate surface area is 174 Å². The number of rotatable bonds is 7. The van der Waals surface area contributed by atoms with Crippen molar-refractivity contribution in [2.75, 3.05) is 27.4 Å². The van der Waals surface area contributed by atoms with E-state index in [1.165, 1.54) is 36.3 Å². The summed E-state index contributed by atoms with van der Waals surface area (Å²) in [4.78, 5) is 27.1. The highest BCUT2D eigenvalue weighted by atomic mass is 19.1. The smallest absolute Gasteiger partial charge is 0.295 e. The quantitative estimate of drug-likeness (QED) is 0.325. The molecule has 0 aromatic heterocycles. The van der Waals surface area contributed by atoms with Gasteiger partial charge in [-0.2, -0.15) is 0 Å². The molecule has 1 saturated heterocycles. The maximum Gasteiger partial charge on any atom is 0.295 e. The number of hydrogen-bond donors (Lipinski definition) is 1. The van der Waals surface area contributed by atoms with Gasteiger partial charge in [0.2, 0.25) is 0 Å². The van der Waals surface area contributed by atoms with Gasteiger partial charge in [0.1, 0.15) is 17.3 Å². The predicted octanol–water partition coefficient (Wildman–Crippen LogP) is 3.60. The number of ether oxygens (including phenoxy) is 2. The fourth-order valence-electron chi connectivity index (χ4n) is 3.66. The summed E-state index contributed by atoms with van der Waals surface area (Å²) in [5, 5.41) is 11.1. The zero-order valence-electron chi connectivity index (χ0n) is 17.1. The Balaban J connectivity index is 2.13. The summed E-state index contributed by atoms with van der Waals surface area (Å²) in [6.45, 7) is 2.45. The van der Waals surface area contributed by atoms with E-state index in [0.29, 0.717) is 35.5 Å².